The van der Waals surface area contributed by atoms with E-state index in [-0.39, 0.29) is 48.3 Å². The lowest BCUT2D eigenvalue weighted by Gasteiger charge is -2.62. The quantitative estimate of drug-likeness (QED) is 0.799. The third-order valence-electron chi connectivity index (χ3n) is 6.18. The molecule has 1 N–H and O–H groups in total. The Morgan fingerprint density at radius 1 is 1.35 bits per heavy atom. The number of halogens is 1. The number of ether oxygens (including phenoxy) is 1. The minimum Gasteiger partial charge on any atom is -0.508 e. The van der Waals surface area contributed by atoms with Crippen LogP contribution in [-0.4, -0.2) is 52.1 Å². The van der Waals surface area contributed by atoms with E-state index in [1.807, 2.05) is 6.92 Å². The van der Waals surface area contributed by atoms with Crippen LogP contribution < -0.4 is 0 Å². The van der Waals surface area contributed by atoms with E-state index in [0.717, 1.165) is 25.7 Å². The Kier molecular flexibility index (Phi) is 4.35. The predicted octanol–water partition coefficient (Wildman–Crippen LogP) is 3.16. The molecule has 0 unspecified atom stereocenters. The molecule has 4 rings (SSSR count). The van der Waals surface area contributed by atoms with Gasteiger partial charge in [-0.15, -0.1) is 0 Å². The number of rotatable bonds is 5. The number of amides is 3. The molecular weight excluding hydrogens is 356 g/mol. The van der Waals surface area contributed by atoms with Gasteiger partial charge in [0.1, 0.15) is 12.3 Å². The van der Waals surface area contributed by atoms with Gasteiger partial charge in [-0.2, -0.15) is 0 Å². The van der Waals surface area contributed by atoms with Gasteiger partial charge in [0.25, 0.3) is 5.91 Å². The van der Waals surface area contributed by atoms with Gasteiger partial charge in [-0.25, -0.2) is 4.79 Å². The number of imide groups is 1. The molecule has 3 aliphatic rings. The minimum absolute atomic E-state index is 0.0384. The molecule has 3 fully saturated rings. The van der Waals surface area contributed by atoms with Gasteiger partial charge in [-0.05, 0) is 44.4 Å². The summed E-state index contributed by atoms with van der Waals surface area (Å²) in [5.74, 6) is -0.0913. The van der Waals surface area contributed by atoms with Gasteiger partial charge in [-0.1, -0.05) is 18.0 Å². The summed E-state index contributed by atoms with van der Waals surface area (Å²) in [5, 5.41) is 10.5. The fraction of sp³-hybridized carbons (Fsp3) is 0.579. The molecule has 6 nitrogen and oxygen atoms in total. The van der Waals surface area contributed by atoms with Gasteiger partial charge in [0.15, 0.2) is 0 Å². The van der Waals surface area contributed by atoms with Gasteiger partial charge in [0, 0.05) is 22.6 Å². The third kappa shape index (κ3) is 2.58. The van der Waals surface area contributed by atoms with Gasteiger partial charge in [0.2, 0.25) is 0 Å². The summed E-state index contributed by atoms with van der Waals surface area (Å²) in [7, 11) is 0. The maximum absolute atomic E-state index is 12.9. The van der Waals surface area contributed by atoms with Crippen LogP contribution in [0.2, 0.25) is 5.02 Å². The van der Waals surface area contributed by atoms with Crippen molar-refractivity contribution < 1.29 is 19.4 Å². The number of nitrogens with zero attached hydrogens (tertiary/aromatic N) is 2. The molecule has 2 atom stereocenters. The predicted molar refractivity (Wildman–Crippen MR) is 95.9 cm³/mol. The van der Waals surface area contributed by atoms with E-state index in [9.17, 15) is 14.7 Å². The fourth-order valence-corrected chi connectivity index (χ4v) is 4.84. The second kappa shape index (κ2) is 6.43. The molecule has 0 radical (unpaired) electrons. The monoisotopic (exact) mass is 378 g/mol. The van der Waals surface area contributed by atoms with Crippen molar-refractivity contribution in [1.82, 2.24) is 9.80 Å². The van der Waals surface area contributed by atoms with Crippen LogP contribution in [0.3, 0.4) is 0 Å². The van der Waals surface area contributed by atoms with E-state index >= 15 is 0 Å². The Labute approximate surface area is 157 Å². The number of urea groups is 1. The lowest BCUT2D eigenvalue weighted by molar-refractivity contribution is -0.195. The Morgan fingerprint density at radius 3 is 2.77 bits per heavy atom. The van der Waals surface area contributed by atoms with Crippen molar-refractivity contribution in [3.63, 3.8) is 0 Å². The van der Waals surface area contributed by atoms with Crippen molar-refractivity contribution in [3.8, 4) is 5.75 Å². The number of carbonyl (C=O) groups excluding carboxylic acids is 2. The number of hydrogen-bond acceptors (Lipinski definition) is 4. The highest BCUT2D eigenvalue weighted by Crippen LogP contribution is 2.59. The Balaban J connectivity index is 1.50. The highest BCUT2D eigenvalue weighted by atomic mass is 35.5. The molecule has 1 aromatic rings. The maximum Gasteiger partial charge on any atom is 0.327 e. The van der Waals surface area contributed by atoms with Crippen LogP contribution in [0.15, 0.2) is 18.2 Å². The molecule has 2 aliphatic carbocycles. The van der Waals surface area contributed by atoms with Crippen LogP contribution in [0.5, 0.6) is 5.75 Å². The van der Waals surface area contributed by atoms with Crippen LogP contribution >= 0.6 is 11.6 Å². The highest BCUT2D eigenvalue weighted by molar-refractivity contribution is 6.30. The van der Waals surface area contributed by atoms with E-state index in [1.165, 1.54) is 15.9 Å². The van der Waals surface area contributed by atoms with Crippen molar-refractivity contribution >= 4 is 23.5 Å². The van der Waals surface area contributed by atoms with Crippen LogP contribution in [0, 0.1) is 5.41 Å². The SMILES string of the molecule is CCO[C@@H]1C[C@H](N2C(=O)CN(Cc3cc(Cl)ccc3O)C2=O)C12CCC2. The molecule has 0 aromatic heterocycles. The van der Waals surface area contributed by atoms with Crippen molar-refractivity contribution in [3.05, 3.63) is 28.8 Å². The number of benzene rings is 1. The summed E-state index contributed by atoms with van der Waals surface area (Å²) in [5.41, 5.74) is 0.495. The number of phenolic OH excluding ortho intramolecular Hbond substituents is 1. The van der Waals surface area contributed by atoms with Crippen LogP contribution in [0.25, 0.3) is 0 Å². The summed E-state index contributed by atoms with van der Waals surface area (Å²) in [6.07, 6.45) is 4.01. The summed E-state index contributed by atoms with van der Waals surface area (Å²) in [6.45, 7) is 2.84. The molecule has 1 aromatic carbocycles. The first-order chi connectivity index (χ1) is 12.5. The zero-order valence-corrected chi connectivity index (χ0v) is 15.5. The number of hydrogen-bond donors (Lipinski definition) is 1. The molecular formula is C19H23ClN2O4. The van der Waals surface area contributed by atoms with E-state index in [4.69, 9.17) is 16.3 Å². The van der Waals surface area contributed by atoms with Gasteiger partial charge < -0.3 is 14.7 Å². The number of carbonyl (C=O) groups is 2. The van der Waals surface area contributed by atoms with E-state index < -0.39 is 0 Å². The van der Waals surface area contributed by atoms with Gasteiger partial charge in [0.05, 0.1) is 18.7 Å². The van der Waals surface area contributed by atoms with Crippen molar-refractivity contribution in [2.75, 3.05) is 13.2 Å². The number of phenols is 1. The average Bonchev–Trinajstić information content (AvgIpc) is 2.80. The minimum atomic E-state index is -0.277. The summed E-state index contributed by atoms with van der Waals surface area (Å²) in [6, 6.07) is 4.37. The van der Waals surface area contributed by atoms with E-state index in [2.05, 4.69) is 0 Å². The molecule has 0 bridgehead atoms. The summed E-state index contributed by atoms with van der Waals surface area (Å²) in [4.78, 5) is 28.4. The normalized spacial score (nSPS) is 27.0. The second-order valence-electron chi connectivity index (χ2n) is 7.46. The first kappa shape index (κ1) is 17.6. The average molecular weight is 379 g/mol. The molecule has 1 aliphatic heterocycles. The number of aromatic hydroxyl groups is 1. The molecule has 1 heterocycles. The van der Waals surface area contributed by atoms with Crippen LogP contribution in [0.4, 0.5) is 4.79 Å². The molecule has 7 heteroatoms. The topological polar surface area (TPSA) is 70.1 Å². The van der Waals surface area contributed by atoms with Crippen molar-refractivity contribution in [2.24, 2.45) is 5.41 Å². The Hall–Kier alpha value is -1.79. The lowest BCUT2D eigenvalue weighted by Crippen LogP contribution is -2.68. The molecule has 1 saturated heterocycles. The summed E-state index contributed by atoms with van der Waals surface area (Å²) >= 11 is 5.98. The Morgan fingerprint density at radius 2 is 2.12 bits per heavy atom. The Bertz CT molecular complexity index is 749. The zero-order valence-electron chi connectivity index (χ0n) is 14.8. The summed E-state index contributed by atoms with van der Waals surface area (Å²) < 4.78 is 5.84. The first-order valence-electron chi connectivity index (χ1n) is 9.16. The van der Waals surface area contributed by atoms with Gasteiger partial charge in [-0.3, -0.25) is 9.69 Å². The molecule has 3 amide bonds. The molecule has 140 valence electrons. The highest BCUT2D eigenvalue weighted by Gasteiger charge is 2.63. The van der Waals surface area contributed by atoms with Crippen LogP contribution in [-0.2, 0) is 16.1 Å². The maximum atomic E-state index is 12.9. The molecule has 2 saturated carbocycles. The van der Waals surface area contributed by atoms with Crippen LogP contribution in [0.1, 0.15) is 38.2 Å². The lowest BCUT2D eigenvalue weighted by atomic mass is 9.50. The third-order valence-corrected chi connectivity index (χ3v) is 6.42. The second-order valence-corrected chi connectivity index (χ2v) is 7.89. The van der Waals surface area contributed by atoms with Crippen molar-refractivity contribution in [1.29, 1.82) is 0 Å². The van der Waals surface area contributed by atoms with Gasteiger partial charge >= 0.3 is 6.03 Å². The van der Waals surface area contributed by atoms with Crippen molar-refractivity contribution in [2.45, 2.75) is 51.3 Å². The smallest absolute Gasteiger partial charge is 0.327 e. The standard InChI is InChI=1S/C19H23ClN2O4/c1-2-26-16-9-15(19(16)6-3-7-19)22-17(24)11-21(18(22)25)10-12-8-13(20)4-5-14(12)23/h4-5,8,15-16,23H,2-3,6-7,9-11H2,1H3/t15-,16+/m0/s1. The molecule has 1 spiro atoms. The van der Waals surface area contributed by atoms with E-state index in [1.54, 1.807) is 12.1 Å². The van der Waals surface area contributed by atoms with E-state index in [0.29, 0.717) is 17.2 Å². The zero-order chi connectivity index (χ0) is 18.5. The fourth-order valence-electron chi connectivity index (χ4n) is 4.65. The first-order valence-corrected chi connectivity index (χ1v) is 9.54. The largest absolute Gasteiger partial charge is 0.508 e. The molecule has 26 heavy (non-hydrogen) atoms.